The third-order valence-corrected chi connectivity index (χ3v) is 4.09. The molecule has 1 aliphatic rings. The first-order chi connectivity index (χ1) is 12.9. The van der Waals surface area contributed by atoms with Gasteiger partial charge >= 0.3 is 6.18 Å². The van der Waals surface area contributed by atoms with E-state index in [1.165, 1.54) is 31.3 Å². The van der Waals surface area contributed by atoms with Crippen molar-refractivity contribution in [1.29, 1.82) is 0 Å². The van der Waals surface area contributed by atoms with Crippen molar-refractivity contribution < 1.29 is 22.7 Å². The number of nitrogens with zero attached hydrogens (tertiary/aromatic N) is 3. The van der Waals surface area contributed by atoms with Crippen LogP contribution in [0.5, 0.6) is 5.75 Å². The molecular formula is C18H19F3N4O2. The van der Waals surface area contributed by atoms with Crippen LogP contribution in [0.25, 0.3) is 0 Å². The highest BCUT2D eigenvalue weighted by Gasteiger charge is 2.28. The predicted octanol–water partition coefficient (Wildman–Crippen LogP) is 3.53. The van der Waals surface area contributed by atoms with E-state index in [0.717, 1.165) is 23.3 Å². The van der Waals surface area contributed by atoms with Crippen LogP contribution in [0.1, 0.15) is 41.7 Å². The molecule has 2 aromatic rings. The molecule has 1 aromatic carbocycles. The molecule has 1 heterocycles. The van der Waals surface area contributed by atoms with Gasteiger partial charge in [-0.05, 0) is 56.0 Å². The van der Waals surface area contributed by atoms with Crippen LogP contribution >= 0.6 is 0 Å². The fraction of sp³-hybridized carbons (Fsp3) is 0.389. The Labute approximate surface area is 154 Å². The van der Waals surface area contributed by atoms with Gasteiger partial charge in [0, 0.05) is 11.8 Å². The van der Waals surface area contributed by atoms with Crippen LogP contribution in [-0.2, 0) is 6.54 Å². The van der Waals surface area contributed by atoms with Gasteiger partial charge in [0.2, 0.25) is 0 Å². The molecule has 0 unspecified atom stereocenters. The number of hydrazone groups is 1. The van der Waals surface area contributed by atoms with Gasteiger partial charge in [0.1, 0.15) is 18.0 Å². The van der Waals surface area contributed by atoms with Crippen molar-refractivity contribution in [3.8, 4) is 5.75 Å². The molecule has 0 radical (unpaired) electrons. The fourth-order valence-corrected chi connectivity index (χ4v) is 2.82. The molecule has 1 fully saturated rings. The highest BCUT2D eigenvalue weighted by molar-refractivity contribution is 5.94. The first kappa shape index (κ1) is 18.9. The normalized spacial score (nSPS) is 15.4. The van der Waals surface area contributed by atoms with Crippen LogP contribution in [0, 0.1) is 0 Å². The molecule has 1 amide bonds. The van der Waals surface area contributed by atoms with E-state index in [9.17, 15) is 18.0 Å². The van der Waals surface area contributed by atoms with Gasteiger partial charge in [-0.2, -0.15) is 23.4 Å². The van der Waals surface area contributed by atoms with Crippen LogP contribution in [-0.4, -0.2) is 34.2 Å². The Kier molecular flexibility index (Phi) is 5.78. The monoisotopic (exact) mass is 380 g/mol. The first-order valence-corrected chi connectivity index (χ1v) is 8.59. The number of alkyl halides is 3. The summed E-state index contributed by atoms with van der Waals surface area (Å²) in [4.78, 5) is 12.0. The molecule has 0 saturated heterocycles. The summed E-state index contributed by atoms with van der Waals surface area (Å²) in [5, 5.41) is 7.43. The van der Waals surface area contributed by atoms with Gasteiger partial charge in [-0.25, -0.2) is 5.43 Å². The fourth-order valence-electron chi connectivity index (χ4n) is 2.82. The Morgan fingerprint density at radius 2 is 1.96 bits per heavy atom. The Bertz CT molecular complexity index is 794. The van der Waals surface area contributed by atoms with E-state index >= 15 is 0 Å². The lowest BCUT2D eigenvalue weighted by molar-refractivity contribution is -0.142. The van der Waals surface area contributed by atoms with Crippen LogP contribution < -0.4 is 10.2 Å². The van der Waals surface area contributed by atoms with Crippen LogP contribution in [0.4, 0.5) is 13.2 Å². The molecule has 0 aliphatic heterocycles. The van der Waals surface area contributed by atoms with Crippen LogP contribution in [0.15, 0.2) is 41.6 Å². The topological polar surface area (TPSA) is 68.5 Å². The summed E-state index contributed by atoms with van der Waals surface area (Å²) in [5.74, 6) is 0.283. The number of aromatic nitrogens is 2. The average Bonchev–Trinajstić information content (AvgIpc) is 3.26. The summed E-state index contributed by atoms with van der Waals surface area (Å²) in [6.45, 7) is -1.18. The quantitative estimate of drug-likeness (QED) is 0.616. The Balaban J connectivity index is 1.50. The maximum atomic E-state index is 12.3. The summed E-state index contributed by atoms with van der Waals surface area (Å²) >= 11 is 0. The second kappa shape index (κ2) is 8.24. The molecule has 1 aromatic heterocycles. The molecule has 0 spiro atoms. The maximum Gasteiger partial charge on any atom is 0.408 e. The van der Waals surface area contributed by atoms with Gasteiger partial charge in [-0.3, -0.25) is 9.48 Å². The van der Waals surface area contributed by atoms with E-state index in [1.54, 1.807) is 24.3 Å². The Hall–Kier alpha value is -2.84. The van der Waals surface area contributed by atoms with E-state index in [2.05, 4.69) is 15.6 Å². The number of ether oxygens (including phenoxy) is 1. The van der Waals surface area contributed by atoms with E-state index in [1.807, 2.05) is 0 Å². The summed E-state index contributed by atoms with van der Waals surface area (Å²) < 4.78 is 43.4. The number of benzene rings is 1. The number of hydrogen-bond donors (Lipinski definition) is 1. The standard InChI is InChI=1S/C18H19F3N4O2/c19-18(20,21)12-25-10-9-14(24-25)11-22-23-17(26)13-5-7-16(8-6-13)27-15-3-1-2-4-15/h5-11,15H,1-4,12H2,(H,23,26)/b22-11-. The lowest BCUT2D eigenvalue weighted by atomic mass is 10.2. The number of rotatable bonds is 6. The van der Waals surface area contributed by atoms with Crippen molar-refractivity contribution in [2.45, 2.75) is 44.5 Å². The minimum absolute atomic E-state index is 0.208. The van der Waals surface area contributed by atoms with E-state index in [-0.39, 0.29) is 11.8 Å². The highest BCUT2D eigenvalue weighted by Crippen LogP contribution is 2.24. The molecule has 3 rings (SSSR count). The van der Waals surface area contributed by atoms with Gasteiger partial charge in [0.05, 0.1) is 12.3 Å². The summed E-state index contributed by atoms with van der Waals surface area (Å²) in [5.41, 5.74) is 2.92. The second-order valence-corrected chi connectivity index (χ2v) is 6.30. The van der Waals surface area contributed by atoms with Gasteiger partial charge in [-0.15, -0.1) is 0 Å². The molecule has 27 heavy (non-hydrogen) atoms. The van der Waals surface area contributed by atoms with Crippen LogP contribution in [0.3, 0.4) is 0 Å². The number of amides is 1. The average molecular weight is 380 g/mol. The number of halogens is 3. The molecule has 1 saturated carbocycles. The number of carbonyl (C=O) groups excluding carboxylic acids is 1. The van der Waals surface area contributed by atoms with Gasteiger partial charge in [-0.1, -0.05) is 0 Å². The van der Waals surface area contributed by atoms with E-state index < -0.39 is 18.6 Å². The molecule has 144 valence electrons. The second-order valence-electron chi connectivity index (χ2n) is 6.30. The molecule has 6 nitrogen and oxygen atoms in total. The van der Waals surface area contributed by atoms with E-state index in [4.69, 9.17) is 4.74 Å². The molecule has 9 heteroatoms. The van der Waals surface area contributed by atoms with E-state index in [0.29, 0.717) is 5.56 Å². The van der Waals surface area contributed by atoms with Crippen molar-refractivity contribution in [3.63, 3.8) is 0 Å². The highest BCUT2D eigenvalue weighted by atomic mass is 19.4. The zero-order valence-electron chi connectivity index (χ0n) is 14.4. The van der Waals surface area contributed by atoms with Crippen molar-refractivity contribution >= 4 is 12.1 Å². The summed E-state index contributed by atoms with van der Waals surface area (Å²) in [7, 11) is 0. The van der Waals surface area contributed by atoms with Gasteiger partial charge in [0.15, 0.2) is 0 Å². The maximum absolute atomic E-state index is 12.3. The number of nitrogens with one attached hydrogen (secondary N) is 1. The lowest BCUT2D eigenvalue weighted by Gasteiger charge is -2.12. The first-order valence-electron chi connectivity index (χ1n) is 8.59. The molecule has 1 aliphatic carbocycles. The largest absolute Gasteiger partial charge is 0.490 e. The lowest BCUT2D eigenvalue weighted by Crippen LogP contribution is -2.18. The van der Waals surface area contributed by atoms with Gasteiger partial charge in [0.25, 0.3) is 5.91 Å². The number of hydrogen-bond acceptors (Lipinski definition) is 4. The predicted molar refractivity (Wildman–Crippen MR) is 92.7 cm³/mol. The third-order valence-electron chi connectivity index (χ3n) is 4.09. The summed E-state index contributed by atoms with van der Waals surface area (Å²) in [6, 6.07) is 8.10. The molecule has 0 bridgehead atoms. The molecule has 0 atom stereocenters. The SMILES string of the molecule is O=C(N/N=C\c1ccn(CC(F)(F)F)n1)c1ccc(OC2CCCC2)cc1. The third kappa shape index (κ3) is 5.83. The summed E-state index contributed by atoms with van der Waals surface area (Å²) in [6.07, 6.45) is 2.73. The van der Waals surface area contributed by atoms with Crippen molar-refractivity contribution in [3.05, 3.63) is 47.8 Å². The minimum atomic E-state index is -4.34. The Morgan fingerprint density at radius 1 is 1.26 bits per heavy atom. The molecular weight excluding hydrogens is 361 g/mol. The minimum Gasteiger partial charge on any atom is -0.490 e. The van der Waals surface area contributed by atoms with Crippen LogP contribution in [0.2, 0.25) is 0 Å². The zero-order chi connectivity index (χ0) is 19.3. The van der Waals surface area contributed by atoms with Crippen molar-refractivity contribution in [2.75, 3.05) is 0 Å². The zero-order valence-corrected chi connectivity index (χ0v) is 14.4. The van der Waals surface area contributed by atoms with Gasteiger partial charge < -0.3 is 4.74 Å². The Morgan fingerprint density at radius 3 is 2.63 bits per heavy atom. The smallest absolute Gasteiger partial charge is 0.408 e. The van der Waals surface area contributed by atoms with Crippen molar-refractivity contribution in [2.24, 2.45) is 5.10 Å². The van der Waals surface area contributed by atoms with Crippen molar-refractivity contribution in [1.82, 2.24) is 15.2 Å². The molecule has 1 N–H and O–H groups in total. The number of carbonyl (C=O) groups is 1.